The third kappa shape index (κ3) is 4.55. The second kappa shape index (κ2) is 6.10. The van der Waals surface area contributed by atoms with Crippen LogP contribution in [0.2, 0.25) is 5.04 Å². The van der Waals surface area contributed by atoms with Crippen molar-refractivity contribution in [2.24, 2.45) is 5.92 Å². The quantitative estimate of drug-likeness (QED) is 0.837. The van der Waals surface area contributed by atoms with Crippen LogP contribution in [0.1, 0.15) is 33.3 Å². The first-order chi connectivity index (χ1) is 9.38. The average molecular weight is 337 g/mol. The van der Waals surface area contributed by atoms with E-state index in [9.17, 15) is 21.6 Å². The molecule has 0 amide bonds. The van der Waals surface area contributed by atoms with Gasteiger partial charge >= 0.3 is 6.18 Å². The van der Waals surface area contributed by atoms with Crippen molar-refractivity contribution in [2.75, 3.05) is 0 Å². The molecule has 3 nitrogen and oxygen atoms in total. The minimum atomic E-state index is -4.71. The topological polar surface area (TPSA) is 46.2 Å². The second-order valence-corrected chi connectivity index (χ2v) is 9.40. The maximum Gasteiger partial charge on any atom is 0.417 e. The number of hydrogen-bond acceptors (Lipinski definition) is 2. The first kappa shape index (κ1) is 18.2. The summed E-state index contributed by atoms with van der Waals surface area (Å²) in [4.78, 5) is -0.732. The van der Waals surface area contributed by atoms with Gasteiger partial charge in [-0.1, -0.05) is 39.8 Å². The van der Waals surface area contributed by atoms with Crippen LogP contribution < -0.4 is 4.39 Å². The van der Waals surface area contributed by atoms with Crippen LogP contribution in [-0.2, 0) is 16.2 Å². The maximum absolute atomic E-state index is 12.9. The van der Waals surface area contributed by atoms with Crippen molar-refractivity contribution in [3.05, 3.63) is 29.8 Å². The first-order valence-electron chi connectivity index (χ1n) is 6.33. The highest BCUT2D eigenvalue weighted by atomic mass is 32.2. The molecule has 118 valence electrons. The van der Waals surface area contributed by atoms with Gasteiger partial charge in [0.1, 0.15) is 0 Å². The van der Waals surface area contributed by atoms with Crippen molar-refractivity contribution in [2.45, 2.75) is 43.8 Å². The summed E-state index contributed by atoms with van der Waals surface area (Å²) in [6.07, 6.45) is -4.71. The van der Waals surface area contributed by atoms with Gasteiger partial charge in [0.25, 0.3) is 0 Å². The summed E-state index contributed by atoms with van der Waals surface area (Å²) in [7, 11) is -4.41. The summed E-state index contributed by atoms with van der Waals surface area (Å²) in [5, 5.41) is -0.333. The minimum absolute atomic E-state index is 0.191. The van der Waals surface area contributed by atoms with E-state index in [0.29, 0.717) is 0 Å². The molecule has 1 N–H and O–H groups in total. The summed E-state index contributed by atoms with van der Waals surface area (Å²) in [5.41, 5.74) is -1.15. The van der Waals surface area contributed by atoms with Crippen molar-refractivity contribution >= 4 is 19.7 Å². The van der Waals surface area contributed by atoms with E-state index < -0.39 is 26.7 Å². The zero-order valence-electron chi connectivity index (χ0n) is 12.2. The van der Waals surface area contributed by atoms with E-state index >= 15 is 0 Å². The summed E-state index contributed by atoms with van der Waals surface area (Å²) in [6, 6.07) is 4.19. The van der Waals surface area contributed by atoms with Crippen molar-refractivity contribution in [1.29, 1.82) is 0 Å². The minimum Gasteiger partial charge on any atom is -0.234 e. The SMILES string of the molecule is CC(C)C(C)(C)[Si]NS(=O)(=O)c1ccccc1C(F)(F)F. The van der Waals surface area contributed by atoms with Gasteiger partial charge in [-0.2, -0.15) is 13.2 Å². The molecular weight excluding hydrogens is 319 g/mol. The molecule has 0 saturated carbocycles. The molecule has 0 aliphatic carbocycles. The Kier molecular flexibility index (Phi) is 5.28. The number of nitrogens with one attached hydrogen (secondary N) is 1. The molecule has 0 unspecified atom stereocenters. The Hall–Kier alpha value is -0.863. The summed E-state index contributed by atoms with van der Waals surface area (Å²) < 4.78 is 65.3. The van der Waals surface area contributed by atoms with E-state index in [1.807, 2.05) is 27.7 Å². The monoisotopic (exact) mass is 337 g/mol. The predicted octanol–water partition coefficient (Wildman–Crippen LogP) is 3.46. The molecule has 8 heteroatoms. The van der Waals surface area contributed by atoms with E-state index in [1.165, 1.54) is 12.1 Å². The molecule has 0 heterocycles. The molecule has 1 rings (SSSR count). The molecular formula is C13H18F3NO2SSi. The van der Waals surface area contributed by atoms with E-state index in [-0.39, 0.29) is 20.6 Å². The van der Waals surface area contributed by atoms with Crippen molar-refractivity contribution < 1.29 is 21.6 Å². The predicted molar refractivity (Wildman–Crippen MR) is 76.4 cm³/mol. The van der Waals surface area contributed by atoms with Gasteiger partial charge in [-0.05, 0) is 23.1 Å². The molecule has 1 aromatic rings. The highest BCUT2D eigenvalue weighted by molar-refractivity contribution is 7.90. The van der Waals surface area contributed by atoms with Crippen LogP contribution in [0.15, 0.2) is 29.2 Å². The fourth-order valence-corrected chi connectivity index (χ4v) is 4.38. The maximum atomic E-state index is 12.9. The smallest absolute Gasteiger partial charge is 0.234 e. The van der Waals surface area contributed by atoms with Gasteiger partial charge in [0, 0.05) is 0 Å². The number of rotatable bonds is 5. The Morgan fingerprint density at radius 3 is 2.14 bits per heavy atom. The fourth-order valence-electron chi connectivity index (χ4n) is 1.33. The Balaban J connectivity index is 3.11. The highest BCUT2D eigenvalue weighted by Gasteiger charge is 2.37. The number of halogens is 3. The van der Waals surface area contributed by atoms with Gasteiger partial charge in [-0.3, -0.25) is 0 Å². The lowest BCUT2D eigenvalue weighted by Gasteiger charge is -2.28. The van der Waals surface area contributed by atoms with Crippen LogP contribution in [-0.4, -0.2) is 18.1 Å². The Bertz CT molecular complexity index is 598. The summed E-state index contributed by atoms with van der Waals surface area (Å²) in [5.74, 6) is 0.191. The number of benzene rings is 1. The summed E-state index contributed by atoms with van der Waals surface area (Å²) >= 11 is 0. The van der Waals surface area contributed by atoms with E-state index in [1.54, 1.807) is 0 Å². The fraction of sp³-hybridized carbons (Fsp3) is 0.538. The first-order valence-corrected chi connectivity index (χ1v) is 8.81. The molecule has 0 spiro atoms. The molecule has 0 aliphatic rings. The lowest BCUT2D eigenvalue weighted by Crippen LogP contribution is -2.37. The van der Waals surface area contributed by atoms with Gasteiger partial charge in [0.2, 0.25) is 10.0 Å². The Morgan fingerprint density at radius 1 is 1.14 bits per heavy atom. The van der Waals surface area contributed by atoms with E-state index in [2.05, 4.69) is 4.39 Å². The molecule has 0 fully saturated rings. The highest BCUT2D eigenvalue weighted by Crippen LogP contribution is 2.35. The normalized spacial score (nSPS) is 13.7. The van der Waals surface area contributed by atoms with E-state index in [0.717, 1.165) is 12.1 Å². The zero-order chi connectivity index (χ0) is 16.5. The summed E-state index contributed by atoms with van der Waals surface area (Å²) in [6.45, 7) is 7.61. The van der Waals surface area contributed by atoms with Crippen LogP contribution in [0.5, 0.6) is 0 Å². The second-order valence-electron chi connectivity index (χ2n) is 5.60. The molecule has 0 atom stereocenters. The third-order valence-electron chi connectivity index (χ3n) is 3.43. The molecule has 0 aromatic heterocycles. The zero-order valence-corrected chi connectivity index (χ0v) is 14.1. The number of hydrogen-bond donors (Lipinski definition) is 1. The number of alkyl halides is 3. The largest absolute Gasteiger partial charge is 0.417 e. The van der Waals surface area contributed by atoms with Crippen molar-refractivity contribution in [3.63, 3.8) is 0 Å². The Labute approximate surface area is 125 Å². The van der Waals surface area contributed by atoms with Crippen LogP contribution in [0, 0.1) is 5.92 Å². The van der Waals surface area contributed by atoms with Crippen LogP contribution in [0.3, 0.4) is 0 Å². The molecule has 21 heavy (non-hydrogen) atoms. The molecule has 0 bridgehead atoms. The average Bonchev–Trinajstić information content (AvgIpc) is 2.35. The van der Waals surface area contributed by atoms with E-state index in [4.69, 9.17) is 0 Å². The van der Waals surface area contributed by atoms with Gasteiger partial charge in [0.15, 0.2) is 9.68 Å². The number of sulfonamides is 1. The third-order valence-corrected chi connectivity index (χ3v) is 7.07. The van der Waals surface area contributed by atoms with Crippen molar-refractivity contribution in [3.8, 4) is 0 Å². The van der Waals surface area contributed by atoms with Gasteiger partial charge in [0.05, 0.1) is 10.5 Å². The van der Waals surface area contributed by atoms with Crippen LogP contribution in [0.4, 0.5) is 13.2 Å². The molecule has 0 aliphatic heterocycles. The van der Waals surface area contributed by atoms with Gasteiger partial charge < -0.3 is 0 Å². The van der Waals surface area contributed by atoms with Crippen LogP contribution >= 0.6 is 0 Å². The van der Waals surface area contributed by atoms with Crippen LogP contribution in [0.25, 0.3) is 0 Å². The molecule has 0 saturated heterocycles. The van der Waals surface area contributed by atoms with Gasteiger partial charge in [-0.25, -0.2) is 12.8 Å². The molecule has 2 radical (unpaired) electrons. The molecule has 1 aromatic carbocycles. The lowest BCUT2D eigenvalue weighted by molar-refractivity contribution is -0.139. The van der Waals surface area contributed by atoms with Gasteiger partial charge in [-0.15, -0.1) is 0 Å². The van der Waals surface area contributed by atoms with Crippen molar-refractivity contribution in [1.82, 2.24) is 4.39 Å². The standard InChI is InChI=1S/C13H18F3NO2SSi/c1-9(2)12(3,4)21-17-20(18,19)11-8-6-5-7-10(11)13(14,15)16/h5-9,17H,1-4H3. The lowest BCUT2D eigenvalue weighted by atomic mass is 9.99. The Morgan fingerprint density at radius 2 is 1.67 bits per heavy atom.